The van der Waals surface area contributed by atoms with Crippen LogP contribution in [-0.2, 0) is 0 Å². The molecule has 0 aliphatic rings. The Labute approximate surface area is 123 Å². The molecule has 0 saturated carbocycles. The first kappa shape index (κ1) is 19.0. The van der Waals surface area contributed by atoms with Crippen LogP contribution in [-0.4, -0.2) is 43.1 Å². The van der Waals surface area contributed by atoms with Crippen LogP contribution in [0.5, 0.6) is 0 Å². The number of nitrogens with two attached hydrogens (primary N) is 1. The molecule has 3 N–H and O–H groups in total. The van der Waals surface area contributed by atoms with E-state index in [0.717, 1.165) is 25.2 Å². The van der Waals surface area contributed by atoms with Gasteiger partial charge in [0.05, 0.1) is 6.54 Å². The van der Waals surface area contributed by atoms with Gasteiger partial charge >= 0.3 is 0 Å². The molecule has 0 aliphatic carbocycles. The van der Waals surface area contributed by atoms with E-state index in [0.29, 0.717) is 18.5 Å². The normalized spacial score (nSPS) is 13.1. The molecule has 0 bridgehead atoms. The van der Waals surface area contributed by atoms with Gasteiger partial charge in [-0.05, 0) is 26.9 Å². The maximum absolute atomic E-state index is 5.73. The SMILES string of the molecule is C=C(C)CNC(N)=NCC(C)N(CC)CC.I. The summed E-state index contributed by atoms with van der Waals surface area (Å²) in [5.74, 6) is 0.502. The highest BCUT2D eigenvalue weighted by atomic mass is 127. The van der Waals surface area contributed by atoms with Gasteiger partial charge in [-0.3, -0.25) is 9.89 Å². The maximum Gasteiger partial charge on any atom is 0.188 e. The average molecular weight is 354 g/mol. The van der Waals surface area contributed by atoms with Gasteiger partial charge in [-0.2, -0.15) is 0 Å². The van der Waals surface area contributed by atoms with Gasteiger partial charge in [-0.15, -0.1) is 24.0 Å². The van der Waals surface area contributed by atoms with Gasteiger partial charge in [-0.1, -0.05) is 26.0 Å². The van der Waals surface area contributed by atoms with Crippen molar-refractivity contribution in [3.05, 3.63) is 12.2 Å². The standard InChI is InChI=1S/C12H26N4.HI/c1-6-16(7-2)11(5)9-15-12(13)14-8-10(3)4;/h11H,3,6-9H2,1-2,4-5H3,(H3,13,14,15);1H. The quantitative estimate of drug-likeness (QED) is 0.317. The van der Waals surface area contributed by atoms with Gasteiger partial charge < -0.3 is 11.1 Å². The Kier molecular flexibility index (Phi) is 12.1. The van der Waals surface area contributed by atoms with Crippen molar-refractivity contribution < 1.29 is 0 Å². The molecular weight excluding hydrogens is 327 g/mol. The first-order valence-electron chi connectivity index (χ1n) is 5.93. The van der Waals surface area contributed by atoms with Crippen molar-refractivity contribution in [2.24, 2.45) is 10.7 Å². The Balaban J connectivity index is 0. The number of rotatable bonds is 7. The zero-order chi connectivity index (χ0) is 12.6. The smallest absolute Gasteiger partial charge is 0.188 e. The van der Waals surface area contributed by atoms with Gasteiger partial charge in [0.1, 0.15) is 0 Å². The number of nitrogens with one attached hydrogen (secondary N) is 1. The van der Waals surface area contributed by atoms with Crippen LogP contribution >= 0.6 is 24.0 Å². The van der Waals surface area contributed by atoms with Crippen LogP contribution in [0.25, 0.3) is 0 Å². The lowest BCUT2D eigenvalue weighted by Crippen LogP contribution is -2.37. The van der Waals surface area contributed by atoms with E-state index in [4.69, 9.17) is 5.73 Å². The topological polar surface area (TPSA) is 53.6 Å². The molecule has 0 fully saturated rings. The molecule has 17 heavy (non-hydrogen) atoms. The van der Waals surface area contributed by atoms with Gasteiger partial charge in [-0.25, -0.2) is 0 Å². The second kappa shape index (κ2) is 10.8. The van der Waals surface area contributed by atoms with Gasteiger partial charge in [0, 0.05) is 12.6 Å². The summed E-state index contributed by atoms with van der Waals surface area (Å²) >= 11 is 0. The molecule has 0 aliphatic heterocycles. The minimum absolute atomic E-state index is 0. The summed E-state index contributed by atoms with van der Waals surface area (Å²) in [5, 5.41) is 3.02. The molecule has 0 spiro atoms. The Hall–Kier alpha value is -0.300. The number of guanidine groups is 1. The fourth-order valence-corrected chi connectivity index (χ4v) is 1.49. The first-order valence-corrected chi connectivity index (χ1v) is 5.93. The van der Waals surface area contributed by atoms with Crippen molar-refractivity contribution in [3.63, 3.8) is 0 Å². The fourth-order valence-electron chi connectivity index (χ4n) is 1.49. The molecule has 102 valence electrons. The molecule has 0 amide bonds. The molecule has 0 aromatic heterocycles. The van der Waals surface area contributed by atoms with Crippen molar-refractivity contribution in [3.8, 4) is 0 Å². The molecule has 1 unspecified atom stereocenters. The third-order valence-corrected chi connectivity index (χ3v) is 2.53. The van der Waals surface area contributed by atoms with Crippen LogP contribution in [0.2, 0.25) is 0 Å². The second-order valence-electron chi connectivity index (χ2n) is 4.11. The van der Waals surface area contributed by atoms with Crippen molar-refractivity contribution in [1.82, 2.24) is 10.2 Å². The molecular formula is C12H27IN4. The van der Waals surface area contributed by atoms with E-state index in [1.165, 1.54) is 0 Å². The molecule has 0 aromatic rings. The highest BCUT2D eigenvalue weighted by molar-refractivity contribution is 14.0. The van der Waals surface area contributed by atoms with Crippen molar-refractivity contribution in [2.45, 2.75) is 33.7 Å². The van der Waals surface area contributed by atoms with Crippen molar-refractivity contribution >= 4 is 29.9 Å². The number of aliphatic imine (C=N–C) groups is 1. The van der Waals surface area contributed by atoms with Crippen LogP contribution in [0.4, 0.5) is 0 Å². The monoisotopic (exact) mass is 354 g/mol. The molecule has 1 atom stereocenters. The predicted octanol–water partition coefficient (Wildman–Crippen LogP) is 1.82. The van der Waals surface area contributed by atoms with E-state index in [1.54, 1.807) is 0 Å². The minimum Gasteiger partial charge on any atom is -0.370 e. The molecule has 0 heterocycles. The zero-order valence-corrected chi connectivity index (χ0v) is 13.8. The van der Waals surface area contributed by atoms with Crippen LogP contribution in [0.1, 0.15) is 27.7 Å². The van der Waals surface area contributed by atoms with Crippen LogP contribution in [0.15, 0.2) is 17.1 Å². The van der Waals surface area contributed by atoms with Crippen molar-refractivity contribution in [1.29, 1.82) is 0 Å². The molecule has 4 nitrogen and oxygen atoms in total. The Morgan fingerprint density at radius 1 is 1.41 bits per heavy atom. The number of nitrogens with zero attached hydrogens (tertiary/aromatic N) is 2. The van der Waals surface area contributed by atoms with Crippen LogP contribution < -0.4 is 11.1 Å². The summed E-state index contributed by atoms with van der Waals surface area (Å²) in [5.41, 5.74) is 6.78. The summed E-state index contributed by atoms with van der Waals surface area (Å²) < 4.78 is 0. The van der Waals surface area contributed by atoms with E-state index in [-0.39, 0.29) is 24.0 Å². The van der Waals surface area contributed by atoms with Crippen molar-refractivity contribution in [2.75, 3.05) is 26.2 Å². The molecule has 5 heteroatoms. The van der Waals surface area contributed by atoms with E-state index in [1.807, 2.05) is 6.92 Å². The summed E-state index contributed by atoms with van der Waals surface area (Å²) in [4.78, 5) is 6.67. The van der Waals surface area contributed by atoms with E-state index < -0.39 is 0 Å². The number of hydrogen-bond donors (Lipinski definition) is 2. The minimum atomic E-state index is 0. The second-order valence-corrected chi connectivity index (χ2v) is 4.11. The summed E-state index contributed by atoms with van der Waals surface area (Å²) in [6.07, 6.45) is 0. The summed E-state index contributed by atoms with van der Waals surface area (Å²) in [6, 6.07) is 0.431. The largest absolute Gasteiger partial charge is 0.370 e. The fraction of sp³-hybridized carbons (Fsp3) is 0.750. The van der Waals surface area contributed by atoms with Gasteiger partial charge in [0.15, 0.2) is 5.96 Å². The van der Waals surface area contributed by atoms with Crippen LogP contribution in [0.3, 0.4) is 0 Å². The molecule has 0 radical (unpaired) electrons. The highest BCUT2D eigenvalue weighted by Crippen LogP contribution is 1.98. The summed E-state index contributed by atoms with van der Waals surface area (Å²) in [6.45, 7) is 15.8. The van der Waals surface area contributed by atoms with Gasteiger partial charge in [0.25, 0.3) is 0 Å². The predicted molar refractivity (Wildman–Crippen MR) is 87.1 cm³/mol. The highest BCUT2D eigenvalue weighted by Gasteiger charge is 2.08. The number of hydrogen-bond acceptors (Lipinski definition) is 2. The van der Waals surface area contributed by atoms with Gasteiger partial charge in [0.2, 0.25) is 0 Å². The number of halogens is 1. The van der Waals surface area contributed by atoms with E-state index in [2.05, 4.69) is 42.6 Å². The first-order chi connectivity index (χ1) is 7.51. The number of likely N-dealkylation sites (N-methyl/N-ethyl adjacent to an activating group) is 1. The van der Waals surface area contributed by atoms with E-state index in [9.17, 15) is 0 Å². The lowest BCUT2D eigenvalue weighted by atomic mass is 10.3. The molecule has 0 aromatic carbocycles. The Bertz CT molecular complexity index is 237. The summed E-state index contributed by atoms with van der Waals surface area (Å²) in [7, 11) is 0. The lowest BCUT2D eigenvalue weighted by Gasteiger charge is -2.24. The lowest BCUT2D eigenvalue weighted by molar-refractivity contribution is 0.237. The van der Waals surface area contributed by atoms with E-state index >= 15 is 0 Å². The molecule has 0 saturated heterocycles. The third kappa shape index (κ3) is 9.41. The maximum atomic E-state index is 5.73. The molecule has 0 rings (SSSR count). The Morgan fingerprint density at radius 3 is 2.35 bits per heavy atom. The average Bonchev–Trinajstić information content (AvgIpc) is 2.25. The van der Waals surface area contributed by atoms with Crippen LogP contribution in [0, 0.1) is 0 Å². The third-order valence-electron chi connectivity index (χ3n) is 2.53. The zero-order valence-electron chi connectivity index (χ0n) is 11.5. The Morgan fingerprint density at radius 2 is 1.94 bits per heavy atom.